The fraction of sp³-hybridized carbons (Fsp3) is 0.690. The Hall–Kier alpha value is -3.01. The number of ether oxygens (including phenoxy) is 6. The molecule has 1 rings (SSSR count). The molecule has 1 N–H and O–H groups in total. The summed E-state index contributed by atoms with van der Waals surface area (Å²) in [5.74, 6) is 0.235. The standard InChI is InChI=1S/C29H47NO9/c1-19(2)22(25(31)20-12-13-23(35-10)24(16-20)36-15-11-14-34-9)17-21(30-26(32)38-28(3,4)5)18-37-27(33)39-29(6,7)8/h12-13,16,19,21-22H,11,14-15,17-18H2,1-10H3,(H,30,32)/t21-,22-/m0/s1. The Bertz CT molecular complexity index is 932. The van der Waals surface area contributed by atoms with Gasteiger partial charge < -0.3 is 33.7 Å². The molecule has 0 unspecified atom stereocenters. The van der Waals surface area contributed by atoms with E-state index in [9.17, 15) is 14.4 Å². The Morgan fingerprint density at radius 3 is 2.08 bits per heavy atom. The van der Waals surface area contributed by atoms with Gasteiger partial charge in [0.2, 0.25) is 0 Å². The third-order valence-electron chi connectivity index (χ3n) is 5.39. The van der Waals surface area contributed by atoms with Crippen molar-refractivity contribution in [3.63, 3.8) is 0 Å². The largest absolute Gasteiger partial charge is 0.508 e. The first-order chi connectivity index (χ1) is 18.1. The molecule has 2 atom stereocenters. The molecule has 0 bridgehead atoms. The summed E-state index contributed by atoms with van der Waals surface area (Å²) in [6.45, 7) is 15.0. The van der Waals surface area contributed by atoms with Crippen molar-refractivity contribution in [2.45, 2.75) is 85.5 Å². The Labute approximate surface area is 233 Å². The van der Waals surface area contributed by atoms with Crippen LogP contribution in [-0.2, 0) is 18.9 Å². The van der Waals surface area contributed by atoms with E-state index in [0.29, 0.717) is 36.7 Å². The van der Waals surface area contributed by atoms with Gasteiger partial charge in [-0.1, -0.05) is 13.8 Å². The van der Waals surface area contributed by atoms with Crippen molar-refractivity contribution in [2.75, 3.05) is 34.0 Å². The monoisotopic (exact) mass is 553 g/mol. The lowest BCUT2D eigenvalue weighted by Gasteiger charge is -2.28. The molecule has 10 heteroatoms. The Morgan fingerprint density at radius 2 is 1.54 bits per heavy atom. The van der Waals surface area contributed by atoms with Crippen molar-refractivity contribution in [3.8, 4) is 11.5 Å². The van der Waals surface area contributed by atoms with Crippen LogP contribution in [0, 0.1) is 11.8 Å². The maximum absolute atomic E-state index is 13.7. The lowest BCUT2D eigenvalue weighted by Crippen LogP contribution is -2.44. The smallest absolute Gasteiger partial charge is 0.493 e. The molecule has 0 aromatic heterocycles. The molecule has 0 aliphatic heterocycles. The highest BCUT2D eigenvalue weighted by Gasteiger charge is 2.31. The second-order valence-electron chi connectivity index (χ2n) is 11.6. The first kappa shape index (κ1) is 34.0. The number of carbonyl (C=O) groups excluding carboxylic acids is 3. The van der Waals surface area contributed by atoms with E-state index in [1.807, 2.05) is 13.8 Å². The maximum Gasteiger partial charge on any atom is 0.508 e. The van der Waals surface area contributed by atoms with Gasteiger partial charge in [-0.2, -0.15) is 0 Å². The first-order valence-corrected chi connectivity index (χ1v) is 13.3. The molecule has 1 aromatic carbocycles. The number of methoxy groups -OCH3 is 2. The van der Waals surface area contributed by atoms with Gasteiger partial charge in [0.25, 0.3) is 0 Å². The number of benzene rings is 1. The first-order valence-electron chi connectivity index (χ1n) is 13.3. The summed E-state index contributed by atoms with van der Waals surface area (Å²) < 4.78 is 32.2. The van der Waals surface area contributed by atoms with E-state index in [-0.39, 0.29) is 24.7 Å². The second kappa shape index (κ2) is 15.5. The number of hydrogen-bond donors (Lipinski definition) is 1. The molecular formula is C29H47NO9. The highest BCUT2D eigenvalue weighted by atomic mass is 16.7. The van der Waals surface area contributed by atoms with E-state index >= 15 is 0 Å². The quantitative estimate of drug-likeness (QED) is 0.173. The molecule has 0 saturated carbocycles. The van der Waals surface area contributed by atoms with Crippen molar-refractivity contribution in [1.82, 2.24) is 5.32 Å². The summed E-state index contributed by atoms with van der Waals surface area (Å²) in [4.78, 5) is 38.5. The summed E-state index contributed by atoms with van der Waals surface area (Å²) in [6.07, 6.45) is -0.653. The number of hydrogen-bond acceptors (Lipinski definition) is 9. The Kier molecular flexibility index (Phi) is 13.6. The van der Waals surface area contributed by atoms with Crippen LogP contribution in [-0.4, -0.2) is 69.3 Å². The van der Waals surface area contributed by atoms with Crippen LogP contribution < -0.4 is 14.8 Å². The molecule has 10 nitrogen and oxygen atoms in total. The molecule has 0 saturated heterocycles. The second-order valence-corrected chi connectivity index (χ2v) is 11.6. The van der Waals surface area contributed by atoms with Crippen molar-refractivity contribution in [1.29, 1.82) is 0 Å². The van der Waals surface area contributed by atoms with E-state index in [4.69, 9.17) is 28.4 Å². The molecule has 0 heterocycles. The molecule has 0 spiro atoms. The molecule has 0 aliphatic rings. The molecule has 1 amide bonds. The zero-order valence-electron chi connectivity index (χ0n) is 25.2. The van der Waals surface area contributed by atoms with Crippen LogP contribution in [0.2, 0.25) is 0 Å². The lowest BCUT2D eigenvalue weighted by atomic mass is 9.83. The van der Waals surface area contributed by atoms with Gasteiger partial charge >= 0.3 is 12.2 Å². The fourth-order valence-corrected chi connectivity index (χ4v) is 3.62. The van der Waals surface area contributed by atoms with Gasteiger partial charge in [-0.15, -0.1) is 0 Å². The van der Waals surface area contributed by atoms with Crippen LogP contribution in [0.3, 0.4) is 0 Å². The summed E-state index contributed by atoms with van der Waals surface area (Å²) in [5, 5.41) is 2.75. The van der Waals surface area contributed by atoms with Crippen molar-refractivity contribution < 1.29 is 42.8 Å². The van der Waals surface area contributed by atoms with Crippen LogP contribution in [0.5, 0.6) is 11.5 Å². The third-order valence-corrected chi connectivity index (χ3v) is 5.39. The highest BCUT2D eigenvalue weighted by Crippen LogP contribution is 2.31. The van der Waals surface area contributed by atoms with Crippen LogP contribution in [0.1, 0.15) is 78.6 Å². The minimum atomic E-state index is -0.865. The minimum Gasteiger partial charge on any atom is -0.493 e. The van der Waals surface area contributed by atoms with E-state index in [2.05, 4.69) is 5.32 Å². The van der Waals surface area contributed by atoms with Gasteiger partial charge in [0, 0.05) is 31.6 Å². The van der Waals surface area contributed by atoms with Crippen molar-refractivity contribution in [3.05, 3.63) is 23.8 Å². The summed E-state index contributed by atoms with van der Waals surface area (Å²) in [7, 11) is 3.16. The van der Waals surface area contributed by atoms with Crippen molar-refractivity contribution in [2.24, 2.45) is 11.8 Å². The van der Waals surface area contributed by atoms with Crippen LogP contribution in [0.25, 0.3) is 0 Å². The van der Waals surface area contributed by atoms with E-state index in [1.54, 1.807) is 66.9 Å². The molecule has 0 fully saturated rings. The average molecular weight is 554 g/mol. The minimum absolute atomic E-state index is 0.0878. The zero-order chi connectivity index (χ0) is 29.8. The third kappa shape index (κ3) is 13.6. The number of amides is 1. The Balaban J connectivity index is 3.15. The predicted octanol–water partition coefficient (Wildman–Crippen LogP) is 5.80. The number of carbonyl (C=O) groups is 3. The van der Waals surface area contributed by atoms with E-state index in [1.165, 1.54) is 7.11 Å². The van der Waals surface area contributed by atoms with Crippen LogP contribution in [0.15, 0.2) is 18.2 Å². The lowest BCUT2D eigenvalue weighted by molar-refractivity contribution is -0.0131. The van der Waals surface area contributed by atoms with Gasteiger partial charge in [-0.25, -0.2) is 9.59 Å². The number of Topliss-reactive ketones (excluding diaryl/α,β-unsaturated/α-hetero) is 1. The fourth-order valence-electron chi connectivity index (χ4n) is 3.62. The normalized spacial score (nSPS) is 13.3. The molecule has 0 aliphatic carbocycles. The SMILES string of the molecule is COCCCOc1cc(C(=O)[C@@H](C[C@@H](COC(=O)OC(C)(C)C)NC(=O)OC(C)(C)C)C(C)C)ccc1OC. The molecular weight excluding hydrogens is 506 g/mol. The number of nitrogens with one attached hydrogen (secondary N) is 1. The number of alkyl carbamates (subject to hydrolysis) is 1. The maximum atomic E-state index is 13.7. The van der Waals surface area contributed by atoms with Gasteiger partial charge in [-0.3, -0.25) is 4.79 Å². The van der Waals surface area contributed by atoms with Crippen molar-refractivity contribution >= 4 is 18.0 Å². The molecule has 0 radical (unpaired) electrons. The van der Waals surface area contributed by atoms with Crippen LogP contribution >= 0.6 is 0 Å². The number of ketones is 1. The summed E-state index contributed by atoms with van der Waals surface area (Å²) in [5.41, 5.74) is -1.02. The molecule has 39 heavy (non-hydrogen) atoms. The Morgan fingerprint density at radius 1 is 0.897 bits per heavy atom. The van der Waals surface area contributed by atoms with Gasteiger partial charge in [-0.05, 0) is 72.1 Å². The van der Waals surface area contributed by atoms with Gasteiger partial charge in [0.05, 0.1) is 19.8 Å². The molecule has 222 valence electrons. The molecule has 1 aromatic rings. The highest BCUT2D eigenvalue weighted by molar-refractivity contribution is 5.98. The predicted molar refractivity (Wildman–Crippen MR) is 148 cm³/mol. The summed E-state index contributed by atoms with van der Waals surface area (Å²) in [6, 6.07) is 4.34. The van der Waals surface area contributed by atoms with E-state index in [0.717, 1.165) is 0 Å². The topological polar surface area (TPSA) is 119 Å². The zero-order valence-corrected chi connectivity index (χ0v) is 25.2. The average Bonchev–Trinajstić information content (AvgIpc) is 2.80. The van der Waals surface area contributed by atoms with Crippen LogP contribution in [0.4, 0.5) is 9.59 Å². The summed E-state index contributed by atoms with van der Waals surface area (Å²) >= 11 is 0. The van der Waals surface area contributed by atoms with Gasteiger partial charge in [0.15, 0.2) is 17.3 Å². The number of rotatable bonds is 14. The van der Waals surface area contributed by atoms with Gasteiger partial charge in [0.1, 0.15) is 17.8 Å². The van der Waals surface area contributed by atoms with E-state index < -0.39 is 35.4 Å².